The lowest BCUT2D eigenvalue weighted by Gasteiger charge is -2.18. The molecule has 0 amide bonds. The molecule has 1 atom stereocenters. The van der Waals surface area contributed by atoms with Gasteiger partial charge >= 0.3 is 17.9 Å². The molecule has 0 fully saturated rings. The van der Waals surface area contributed by atoms with Crippen LogP contribution in [0.25, 0.3) is 0 Å². The first-order chi connectivity index (χ1) is 29.0. The van der Waals surface area contributed by atoms with Crippen molar-refractivity contribution in [3.05, 3.63) is 48.6 Å². The summed E-state index contributed by atoms with van der Waals surface area (Å²) in [7, 11) is 0. The Morgan fingerprint density at radius 1 is 0.339 bits per heavy atom. The monoisotopic (exact) mass is 827 g/mol. The van der Waals surface area contributed by atoms with Crippen molar-refractivity contribution < 1.29 is 28.6 Å². The maximum atomic E-state index is 12.7. The van der Waals surface area contributed by atoms with E-state index in [0.29, 0.717) is 19.3 Å². The molecule has 342 valence electrons. The van der Waals surface area contributed by atoms with Gasteiger partial charge in [0.2, 0.25) is 0 Å². The second kappa shape index (κ2) is 48.0. The van der Waals surface area contributed by atoms with Gasteiger partial charge in [-0.25, -0.2) is 0 Å². The van der Waals surface area contributed by atoms with E-state index in [2.05, 4.69) is 69.4 Å². The van der Waals surface area contributed by atoms with Gasteiger partial charge in [-0.15, -0.1) is 0 Å². The molecule has 0 aromatic rings. The summed E-state index contributed by atoms with van der Waals surface area (Å²) in [5.41, 5.74) is 0. The summed E-state index contributed by atoms with van der Waals surface area (Å²) in [6, 6.07) is 0. The second-order valence-corrected chi connectivity index (χ2v) is 16.7. The molecule has 0 bridgehead atoms. The topological polar surface area (TPSA) is 78.9 Å². The fourth-order valence-electron chi connectivity index (χ4n) is 6.92. The highest BCUT2D eigenvalue weighted by Gasteiger charge is 2.19. The molecule has 0 saturated heterocycles. The highest BCUT2D eigenvalue weighted by molar-refractivity contribution is 5.71. The van der Waals surface area contributed by atoms with Crippen LogP contribution in [0.4, 0.5) is 0 Å². The van der Waals surface area contributed by atoms with Crippen molar-refractivity contribution in [2.45, 2.75) is 258 Å². The zero-order valence-corrected chi connectivity index (χ0v) is 39.0. The van der Waals surface area contributed by atoms with Crippen LogP contribution in [-0.4, -0.2) is 37.2 Å². The van der Waals surface area contributed by atoms with Gasteiger partial charge in [0.1, 0.15) is 13.2 Å². The van der Waals surface area contributed by atoms with E-state index in [1.54, 1.807) is 0 Å². The average Bonchev–Trinajstić information content (AvgIpc) is 3.23. The van der Waals surface area contributed by atoms with E-state index >= 15 is 0 Å². The lowest BCUT2D eigenvalue weighted by molar-refractivity contribution is -0.167. The van der Waals surface area contributed by atoms with Crippen LogP contribution in [0.15, 0.2) is 48.6 Å². The third-order valence-electron chi connectivity index (χ3n) is 10.8. The van der Waals surface area contributed by atoms with E-state index in [9.17, 15) is 14.4 Å². The van der Waals surface area contributed by atoms with Gasteiger partial charge in [0.15, 0.2) is 6.10 Å². The molecule has 0 unspecified atom stereocenters. The Labute approximate surface area is 365 Å². The summed E-state index contributed by atoms with van der Waals surface area (Å²) in [5.74, 6) is -0.908. The SMILES string of the molecule is CCCC/C=C\CCCCCCCC(=O)O[C@H](COC(=O)CCCCCCC/C=C\C/C=C\CCCCC)COC(=O)CCCCCCCCC/C=C\CCCCCC. The summed E-state index contributed by atoms with van der Waals surface area (Å²) in [6.07, 6.45) is 56.6. The minimum atomic E-state index is -0.782. The first-order valence-corrected chi connectivity index (χ1v) is 25.1. The Balaban J connectivity index is 4.38. The molecule has 6 heteroatoms. The van der Waals surface area contributed by atoms with Gasteiger partial charge in [0.05, 0.1) is 0 Å². The zero-order valence-electron chi connectivity index (χ0n) is 39.0. The summed E-state index contributed by atoms with van der Waals surface area (Å²) >= 11 is 0. The quantitative estimate of drug-likeness (QED) is 0.0263. The van der Waals surface area contributed by atoms with Gasteiger partial charge in [0.25, 0.3) is 0 Å². The fourth-order valence-corrected chi connectivity index (χ4v) is 6.92. The standard InChI is InChI=1S/C53H94O6/c1-4-7-10-13-16-19-22-24-26-28-31-33-36-39-42-45-51(54)57-48-50(59-53(56)47-44-41-38-35-30-21-18-15-12-9-6-3)49-58-52(55)46-43-40-37-34-32-29-27-25-23-20-17-14-11-8-5-2/h15-16,18-20,23-24,26,50H,4-14,17,21-22,25,27-49H2,1-3H3/b18-15-,19-16-,23-20-,26-24-/t50-/m1/s1. The number of carbonyl (C=O) groups is 3. The minimum absolute atomic E-state index is 0.0828. The molecule has 6 nitrogen and oxygen atoms in total. The van der Waals surface area contributed by atoms with E-state index in [1.165, 1.54) is 122 Å². The number of rotatable bonds is 45. The van der Waals surface area contributed by atoms with Crippen molar-refractivity contribution in [2.75, 3.05) is 13.2 Å². The minimum Gasteiger partial charge on any atom is -0.462 e. The summed E-state index contributed by atoms with van der Waals surface area (Å²) in [4.78, 5) is 37.9. The normalized spacial score (nSPS) is 12.4. The van der Waals surface area contributed by atoms with Crippen LogP contribution in [0, 0.1) is 0 Å². The number of allylic oxidation sites excluding steroid dienone is 8. The Morgan fingerprint density at radius 3 is 1.03 bits per heavy atom. The van der Waals surface area contributed by atoms with Crippen LogP contribution in [-0.2, 0) is 28.6 Å². The number of hydrogen-bond acceptors (Lipinski definition) is 6. The van der Waals surface area contributed by atoms with Crippen LogP contribution in [0.5, 0.6) is 0 Å². The lowest BCUT2D eigenvalue weighted by Crippen LogP contribution is -2.30. The van der Waals surface area contributed by atoms with Crippen molar-refractivity contribution in [1.82, 2.24) is 0 Å². The smallest absolute Gasteiger partial charge is 0.306 e. The Bertz CT molecular complexity index is 1040. The second-order valence-electron chi connectivity index (χ2n) is 16.7. The predicted octanol–water partition coefficient (Wildman–Crippen LogP) is 16.3. The van der Waals surface area contributed by atoms with Gasteiger partial charge in [-0.05, 0) is 96.3 Å². The molecule has 0 spiro atoms. The number of unbranched alkanes of at least 4 members (excludes halogenated alkanes) is 26. The zero-order chi connectivity index (χ0) is 43.0. The molecule has 0 aromatic carbocycles. The molecule has 0 aliphatic carbocycles. The molecule has 0 aliphatic heterocycles. The van der Waals surface area contributed by atoms with Gasteiger partial charge in [-0.2, -0.15) is 0 Å². The van der Waals surface area contributed by atoms with Gasteiger partial charge in [-0.1, -0.05) is 185 Å². The molecule has 0 radical (unpaired) electrons. The molecule has 59 heavy (non-hydrogen) atoms. The molecule has 0 saturated carbocycles. The molecule has 0 rings (SSSR count). The average molecular weight is 827 g/mol. The molecular formula is C53H94O6. The third-order valence-corrected chi connectivity index (χ3v) is 10.8. The van der Waals surface area contributed by atoms with E-state index in [1.807, 2.05) is 0 Å². The van der Waals surface area contributed by atoms with Gasteiger partial charge in [-0.3, -0.25) is 14.4 Å². The highest BCUT2D eigenvalue weighted by atomic mass is 16.6. The third kappa shape index (κ3) is 46.3. The predicted molar refractivity (Wildman–Crippen MR) is 252 cm³/mol. The van der Waals surface area contributed by atoms with Crippen molar-refractivity contribution in [1.29, 1.82) is 0 Å². The maximum absolute atomic E-state index is 12.7. The van der Waals surface area contributed by atoms with Crippen molar-refractivity contribution in [3.8, 4) is 0 Å². The van der Waals surface area contributed by atoms with E-state index in [-0.39, 0.29) is 31.1 Å². The van der Waals surface area contributed by atoms with Crippen LogP contribution in [0.1, 0.15) is 252 Å². The molecule has 0 aliphatic rings. The van der Waals surface area contributed by atoms with E-state index < -0.39 is 6.10 Å². The lowest BCUT2D eigenvalue weighted by atomic mass is 10.1. The van der Waals surface area contributed by atoms with Crippen LogP contribution >= 0.6 is 0 Å². The highest BCUT2D eigenvalue weighted by Crippen LogP contribution is 2.14. The summed E-state index contributed by atoms with van der Waals surface area (Å²) in [6.45, 7) is 6.54. The van der Waals surface area contributed by atoms with Crippen molar-refractivity contribution in [2.24, 2.45) is 0 Å². The maximum Gasteiger partial charge on any atom is 0.306 e. The van der Waals surface area contributed by atoms with Crippen LogP contribution in [0.3, 0.4) is 0 Å². The molecule has 0 heterocycles. The largest absolute Gasteiger partial charge is 0.462 e. The van der Waals surface area contributed by atoms with Crippen LogP contribution < -0.4 is 0 Å². The number of esters is 3. The van der Waals surface area contributed by atoms with E-state index in [0.717, 1.165) is 89.9 Å². The molecule has 0 aromatic heterocycles. The van der Waals surface area contributed by atoms with Crippen molar-refractivity contribution in [3.63, 3.8) is 0 Å². The fraction of sp³-hybridized carbons (Fsp3) is 0.792. The Hall–Kier alpha value is -2.63. The molecular weight excluding hydrogens is 733 g/mol. The number of carbonyl (C=O) groups excluding carboxylic acids is 3. The van der Waals surface area contributed by atoms with Crippen LogP contribution in [0.2, 0.25) is 0 Å². The number of ether oxygens (including phenoxy) is 3. The van der Waals surface area contributed by atoms with Crippen molar-refractivity contribution >= 4 is 17.9 Å². The first kappa shape index (κ1) is 56.4. The van der Waals surface area contributed by atoms with E-state index in [4.69, 9.17) is 14.2 Å². The Morgan fingerprint density at radius 2 is 0.627 bits per heavy atom. The summed E-state index contributed by atoms with van der Waals surface area (Å²) < 4.78 is 16.7. The molecule has 0 N–H and O–H groups in total. The number of hydrogen-bond donors (Lipinski definition) is 0. The van der Waals surface area contributed by atoms with Gasteiger partial charge < -0.3 is 14.2 Å². The van der Waals surface area contributed by atoms with Gasteiger partial charge in [0, 0.05) is 19.3 Å². The first-order valence-electron chi connectivity index (χ1n) is 25.1. The summed E-state index contributed by atoms with van der Waals surface area (Å²) in [5, 5.41) is 0. The Kier molecular flexibility index (Phi) is 45.9.